The highest BCUT2D eigenvalue weighted by Crippen LogP contribution is 2.42. The van der Waals surface area contributed by atoms with Crippen molar-refractivity contribution in [2.75, 3.05) is 26.2 Å². The van der Waals surface area contributed by atoms with E-state index in [2.05, 4.69) is 5.32 Å². The minimum Gasteiger partial charge on any atom is -0.465 e. The fraction of sp³-hybridized carbons (Fsp3) is 0.654. The largest absolute Gasteiger partial charge is 0.465 e. The Bertz CT molecular complexity index is 1010. The number of carboxylic acid groups (broad SMARTS) is 1. The molecule has 1 aromatic rings. The van der Waals surface area contributed by atoms with E-state index in [9.17, 15) is 28.3 Å². The number of hydrogen-bond acceptors (Lipinski definition) is 5. The summed E-state index contributed by atoms with van der Waals surface area (Å²) in [5.41, 5.74) is -1.72. The molecule has 0 aliphatic carbocycles. The molecular formula is C26H36ClF2N3O5. The number of nitrogens with zero attached hydrogens (tertiary/aromatic N) is 2. The van der Waals surface area contributed by atoms with Gasteiger partial charge in [-0.1, -0.05) is 30.7 Å². The van der Waals surface area contributed by atoms with Crippen LogP contribution >= 0.6 is 11.6 Å². The summed E-state index contributed by atoms with van der Waals surface area (Å²) in [6.45, 7) is 8.43. The van der Waals surface area contributed by atoms with Crippen molar-refractivity contribution in [2.24, 2.45) is 11.3 Å². The van der Waals surface area contributed by atoms with Crippen molar-refractivity contribution in [3.63, 3.8) is 0 Å². The fourth-order valence-electron chi connectivity index (χ4n) is 5.26. The van der Waals surface area contributed by atoms with Crippen molar-refractivity contribution in [1.82, 2.24) is 15.1 Å². The van der Waals surface area contributed by atoms with Gasteiger partial charge in [0, 0.05) is 49.4 Å². The highest BCUT2D eigenvalue weighted by atomic mass is 35.5. The second-order valence-corrected chi connectivity index (χ2v) is 11.5. The maximum Gasteiger partial charge on any atom is 0.407 e. The Morgan fingerprint density at radius 2 is 1.89 bits per heavy atom. The molecule has 2 amide bonds. The second kappa shape index (κ2) is 11.5. The number of carbonyl (C=O) groups is 3. The van der Waals surface area contributed by atoms with E-state index in [-0.39, 0.29) is 48.0 Å². The van der Waals surface area contributed by atoms with E-state index >= 15 is 0 Å². The lowest BCUT2D eigenvalue weighted by atomic mass is 9.75. The summed E-state index contributed by atoms with van der Waals surface area (Å²) in [6, 6.07) is 4.16. The fourth-order valence-corrected chi connectivity index (χ4v) is 5.50. The van der Waals surface area contributed by atoms with Gasteiger partial charge in [0.25, 0.3) is 6.43 Å². The molecule has 2 aliphatic heterocycles. The molecule has 0 spiro atoms. The topological polar surface area (TPSA) is 99.2 Å². The molecule has 8 nitrogen and oxygen atoms in total. The van der Waals surface area contributed by atoms with Gasteiger partial charge in [-0.25, -0.2) is 13.6 Å². The number of likely N-dealkylation sites (tertiary alicyclic amines) is 2. The molecule has 1 aromatic carbocycles. The number of piperidine rings is 1. The average molecular weight is 544 g/mol. The van der Waals surface area contributed by atoms with Gasteiger partial charge in [-0.3, -0.25) is 14.5 Å². The molecule has 2 aliphatic rings. The predicted octanol–water partition coefficient (Wildman–Crippen LogP) is 4.71. The average Bonchev–Trinajstić information content (AvgIpc) is 3.09. The molecule has 0 aromatic heterocycles. The number of alkyl halides is 2. The summed E-state index contributed by atoms with van der Waals surface area (Å²) < 4.78 is 32.9. The summed E-state index contributed by atoms with van der Waals surface area (Å²) in [5, 5.41) is 12.5. The van der Waals surface area contributed by atoms with E-state index in [1.165, 1.54) is 17.0 Å². The standard InChI is InChI=1S/C26H36ClF2N3O5/c1-16-13-31(14-19-18(22(28)29)6-5-7-20(19)27)15-26(16,12-21(33)37-25(2,3)4)23(34)30-17-8-10-32(11-9-17)24(35)36/h5-7,16-17,22H,8-15H2,1-4H3,(H,30,34)(H,35,36)/t16-,26+/m1/s1. The number of rotatable bonds is 7. The van der Waals surface area contributed by atoms with E-state index in [0.29, 0.717) is 38.0 Å². The van der Waals surface area contributed by atoms with Gasteiger partial charge in [-0.05, 0) is 51.2 Å². The number of carbonyl (C=O) groups excluding carboxylic acids is 2. The first kappa shape index (κ1) is 29.1. The Hall–Kier alpha value is -2.46. The highest BCUT2D eigenvalue weighted by molar-refractivity contribution is 6.31. The van der Waals surface area contributed by atoms with E-state index in [0.717, 1.165) is 0 Å². The van der Waals surface area contributed by atoms with Gasteiger partial charge < -0.3 is 20.1 Å². The SMILES string of the molecule is C[C@@H]1CN(Cc2c(Cl)cccc2C(F)F)C[C@]1(CC(=O)OC(C)(C)C)C(=O)NC1CCN(C(=O)O)CC1. The quantitative estimate of drug-likeness (QED) is 0.483. The van der Waals surface area contributed by atoms with E-state index < -0.39 is 29.5 Å². The van der Waals surface area contributed by atoms with Crippen LogP contribution in [0.3, 0.4) is 0 Å². The number of hydrogen-bond donors (Lipinski definition) is 2. The number of ether oxygens (including phenoxy) is 1. The van der Waals surface area contributed by atoms with Crippen LogP contribution in [0.2, 0.25) is 5.02 Å². The van der Waals surface area contributed by atoms with Crippen LogP contribution in [0.4, 0.5) is 13.6 Å². The van der Waals surface area contributed by atoms with Gasteiger partial charge in [-0.2, -0.15) is 0 Å². The maximum absolute atomic E-state index is 13.8. The first-order chi connectivity index (χ1) is 17.2. The molecular weight excluding hydrogens is 508 g/mol. The third-order valence-corrected chi connectivity index (χ3v) is 7.54. The number of amides is 2. The lowest BCUT2D eigenvalue weighted by Crippen LogP contribution is -2.53. The number of benzene rings is 1. The molecule has 2 N–H and O–H groups in total. The molecule has 2 fully saturated rings. The van der Waals surface area contributed by atoms with Gasteiger partial charge in [-0.15, -0.1) is 0 Å². The van der Waals surface area contributed by atoms with E-state index in [1.54, 1.807) is 26.8 Å². The molecule has 0 radical (unpaired) electrons. The minimum absolute atomic E-state index is 0.115. The lowest BCUT2D eigenvalue weighted by molar-refractivity contribution is -0.161. The third kappa shape index (κ3) is 7.10. The summed E-state index contributed by atoms with van der Waals surface area (Å²) in [6.07, 6.45) is -2.91. The first-order valence-corrected chi connectivity index (χ1v) is 12.9. The van der Waals surface area contributed by atoms with Crippen LogP contribution in [0.5, 0.6) is 0 Å². The number of halogens is 3. The van der Waals surface area contributed by atoms with Crippen molar-refractivity contribution < 1.29 is 33.0 Å². The Kier molecular flexibility index (Phi) is 9.06. The molecule has 11 heteroatoms. The Labute approximate surface area is 221 Å². The van der Waals surface area contributed by atoms with Crippen molar-refractivity contribution >= 4 is 29.6 Å². The minimum atomic E-state index is -2.69. The van der Waals surface area contributed by atoms with Crippen LogP contribution in [-0.4, -0.2) is 70.7 Å². The van der Waals surface area contributed by atoms with Crippen LogP contribution in [0.1, 0.15) is 64.5 Å². The van der Waals surface area contributed by atoms with Gasteiger partial charge >= 0.3 is 12.1 Å². The van der Waals surface area contributed by atoms with Crippen LogP contribution < -0.4 is 5.32 Å². The first-order valence-electron chi connectivity index (χ1n) is 12.5. The van der Waals surface area contributed by atoms with Crippen molar-refractivity contribution in [2.45, 2.75) is 71.6 Å². The highest BCUT2D eigenvalue weighted by Gasteiger charge is 2.52. The molecule has 37 heavy (non-hydrogen) atoms. The second-order valence-electron chi connectivity index (χ2n) is 11.1. The molecule has 3 rings (SSSR count). The van der Waals surface area contributed by atoms with Crippen LogP contribution in [0.25, 0.3) is 0 Å². The molecule has 2 heterocycles. The van der Waals surface area contributed by atoms with Crippen LogP contribution in [0.15, 0.2) is 18.2 Å². The zero-order valence-corrected chi connectivity index (χ0v) is 22.5. The maximum atomic E-state index is 13.8. The van der Waals surface area contributed by atoms with Gasteiger partial charge in [0.05, 0.1) is 11.8 Å². The number of nitrogens with one attached hydrogen (secondary N) is 1. The van der Waals surface area contributed by atoms with Crippen molar-refractivity contribution in [3.8, 4) is 0 Å². The third-order valence-electron chi connectivity index (χ3n) is 7.19. The van der Waals surface area contributed by atoms with Crippen LogP contribution in [0, 0.1) is 11.3 Å². The smallest absolute Gasteiger partial charge is 0.407 e. The molecule has 0 unspecified atom stereocenters. The zero-order valence-electron chi connectivity index (χ0n) is 21.7. The molecule has 206 valence electrons. The summed E-state index contributed by atoms with van der Waals surface area (Å²) in [5.74, 6) is -1.10. The Balaban J connectivity index is 1.83. The molecule has 2 atom stereocenters. The summed E-state index contributed by atoms with van der Waals surface area (Å²) in [7, 11) is 0. The van der Waals surface area contributed by atoms with E-state index in [1.807, 2.05) is 11.8 Å². The lowest BCUT2D eigenvalue weighted by Gasteiger charge is -2.36. The van der Waals surface area contributed by atoms with Gasteiger partial charge in [0.2, 0.25) is 5.91 Å². The van der Waals surface area contributed by atoms with Gasteiger partial charge in [0.1, 0.15) is 5.60 Å². The predicted molar refractivity (Wildman–Crippen MR) is 135 cm³/mol. The Morgan fingerprint density at radius 3 is 2.46 bits per heavy atom. The van der Waals surface area contributed by atoms with Gasteiger partial charge in [0.15, 0.2) is 0 Å². The van der Waals surface area contributed by atoms with Crippen molar-refractivity contribution in [1.29, 1.82) is 0 Å². The molecule has 0 bridgehead atoms. The van der Waals surface area contributed by atoms with Crippen molar-refractivity contribution in [3.05, 3.63) is 34.3 Å². The summed E-state index contributed by atoms with van der Waals surface area (Å²) in [4.78, 5) is 41.1. The number of esters is 1. The van der Waals surface area contributed by atoms with E-state index in [4.69, 9.17) is 16.3 Å². The van der Waals surface area contributed by atoms with Crippen LogP contribution in [-0.2, 0) is 20.9 Å². The Morgan fingerprint density at radius 1 is 1.24 bits per heavy atom. The normalized spacial score (nSPS) is 23.4. The molecule has 0 saturated carbocycles. The zero-order chi connectivity index (χ0) is 27.5. The molecule has 2 saturated heterocycles. The summed E-state index contributed by atoms with van der Waals surface area (Å²) >= 11 is 6.28. The monoisotopic (exact) mass is 543 g/mol.